The Kier molecular flexibility index (Phi) is 1.59. The molecule has 2 heteroatoms. The van der Waals surface area contributed by atoms with Crippen LogP contribution in [0, 0.1) is 0 Å². The fourth-order valence-electron chi connectivity index (χ4n) is 2.38. The Morgan fingerprint density at radius 2 is 1.65 bits per heavy atom. The zero-order chi connectivity index (χ0) is 11.2. The predicted octanol–water partition coefficient (Wildman–Crippen LogP) is 3.98. The first-order chi connectivity index (χ1) is 8.43. The molecule has 1 aliphatic rings. The molecule has 0 atom stereocenters. The Bertz CT molecular complexity index is 752. The average Bonchev–Trinajstić information content (AvgIpc) is 2.73. The molecule has 80 valence electrons. The van der Waals surface area contributed by atoms with Gasteiger partial charge in [-0.3, -0.25) is 0 Å². The van der Waals surface area contributed by atoms with Gasteiger partial charge in [0, 0.05) is 5.56 Å². The predicted molar refractivity (Wildman–Crippen MR) is 68.4 cm³/mol. The van der Waals surface area contributed by atoms with Crippen LogP contribution in [0.5, 0.6) is 0 Å². The molecule has 1 heterocycles. The molecular weight excluding hydrogens is 210 g/mol. The van der Waals surface area contributed by atoms with E-state index in [0.717, 1.165) is 27.8 Å². The molecule has 0 N–H and O–H groups in total. The third kappa shape index (κ3) is 1.12. The van der Waals surface area contributed by atoms with Gasteiger partial charge in [-0.1, -0.05) is 53.7 Å². The summed E-state index contributed by atoms with van der Waals surface area (Å²) in [6.45, 7) is 0. The smallest absolute Gasteiger partial charge is 0.168 e. The molecule has 3 aromatic rings. The lowest BCUT2D eigenvalue weighted by Crippen LogP contribution is -1.81. The van der Waals surface area contributed by atoms with E-state index >= 15 is 0 Å². The molecule has 0 radical (unpaired) electrons. The van der Waals surface area contributed by atoms with Crippen molar-refractivity contribution in [1.82, 2.24) is 5.16 Å². The molecule has 0 unspecified atom stereocenters. The first kappa shape index (κ1) is 8.76. The lowest BCUT2D eigenvalue weighted by molar-refractivity contribution is 0.459. The minimum Gasteiger partial charge on any atom is -0.356 e. The van der Waals surface area contributed by atoms with Crippen LogP contribution in [0.1, 0.15) is 11.1 Å². The van der Waals surface area contributed by atoms with Crippen molar-refractivity contribution in [1.29, 1.82) is 0 Å². The lowest BCUT2D eigenvalue weighted by Gasteiger charge is -2.00. The van der Waals surface area contributed by atoms with E-state index in [1.165, 1.54) is 5.56 Å². The van der Waals surface area contributed by atoms with Crippen molar-refractivity contribution < 1.29 is 4.52 Å². The summed E-state index contributed by atoms with van der Waals surface area (Å²) >= 11 is 0. The SMILES string of the molecule is C1=Cc2cccc3onc(c23)-c2ccccc21. The summed E-state index contributed by atoms with van der Waals surface area (Å²) in [6, 6.07) is 14.3. The zero-order valence-electron chi connectivity index (χ0n) is 9.05. The molecule has 0 saturated heterocycles. The molecule has 0 bridgehead atoms. The molecule has 1 aromatic heterocycles. The molecular formula is C15H9NO. The van der Waals surface area contributed by atoms with E-state index in [9.17, 15) is 0 Å². The standard InChI is InChI=1S/C15H9NO/c1-2-6-12-10(4-1)8-9-11-5-3-7-13-14(11)15(12)16-17-13/h1-9H. The van der Waals surface area contributed by atoms with Gasteiger partial charge in [-0.2, -0.15) is 0 Å². The lowest BCUT2D eigenvalue weighted by atomic mass is 10.0. The van der Waals surface area contributed by atoms with E-state index in [0.29, 0.717) is 0 Å². The number of benzene rings is 2. The number of hydrogen-bond donors (Lipinski definition) is 0. The van der Waals surface area contributed by atoms with Gasteiger partial charge in [0.15, 0.2) is 5.58 Å². The van der Waals surface area contributed by atoms with Crippen LogP contribution in [0.4, 0.5) is 0 Å². The number of rotatable bonds is 0. The summed E-state index contributed by atoms with van der Waals surface area (Å²) in [5.74, 6) is 0. The molecule has 0 aliphatic heterocycles. The van der Waals surface area contributed by atoms with Crippen molar-refractivity contribution in [2.24, 2.45) is 0 Å². The highest BCUT2D eigenvalue weighted by molar-refractivity contribution is 6.03. The maximum absolute atomic E-state index is 5.39. The summed E-state index contributed by atoms with van der Waals surface area (Å²) in [4.78, 5) is 0. The van der Waals surface area contributed by atoms with Crippen LogP contribution >= 0.6 is 0 Å². The first-order valence-electron chi connectivity index (χ1n) is 5.59. The van der Waals surface area contributed by atoms with Crippen LogP contribution in [0.3, 0.4) is 0 Å². The van der Waals surface area contributed by atoms with E-state index in [2.05, 4.69) is 35.5 Å². The van der Waals surface area contributed by atoms with E-state index < -0.39 is 0 Å². The summed E-state index contributed by atoms with van der Waals surface area (Å²) < 4.78 is 5.39. The normalized spacial score (nSPS) is 12.5. The second-order valence-corrected chi connectivity index (χ2v) is 4.17. The summed E-state index contributed by atoms with van der Waals surface area (Å²) in [5, 5.41) is 5.32. The third-order valence-corrected chi connectivity index (χ3v) is 3.19. The maximum atomic E-state index is 5.39. The van der Waals surface area contributed by atoms with Crippen LogP contribution in [-0.2, 0) is 0 Å². The van der Waals surface area contributed by atoms with Gasteiger partial charge in [0.25, 0.3) is 0 Å². The average molecular weight is 219 g/mol. The molecule has 2 nitrogen and oxygen atoms in total. The first-order valence-corrected chi connectivity index (χ1v) is 5.59. The Hall–Kier alpha value is -2.35. The van der Waals surface area contributed by atoms with Gasteiger partial charge >= 0.3 is 0 Å². The number of hydrogen-bond acceptors (Lipinski definition) is 2. The zero-order valence-corrected chi connectivity index (χ0v) is 9.05. The molecule has 0 spiro atoms. The second-order valence-electron chi connectivity index (χ2n) is 4.17. The second kappa shape index (κ2) is 3.08. The van der Waals surface area contributed by atoms with Gasteiger partial charge in [0.1, 0.15) is 5.69 Å². The summed E-state index contributed by atoms with van der Waals surface area (Å²) in [6.07, 6.45) is 4.25. The molecule has 4 rings (SSSR count). The maximum Gasteiger partial charge on any atom is 0.168 e. The van der Waals surface area contributed by atoms with Crippen molar-refractivity contribution in [3.05, 3.63) is 53.6 Å². The summed E-state index contributed by atoms with van der Waals surface area (Å²) in [7, 11) is 0. The Labute approximate surface area is 98.2 Å². The van der Waals surface area contributed by atoms with E-state index in [1.54, 1.807) is 0 Å². The van der Waals surface area contributed by atoms with Crippen LogP contribution < -0.4 is 0 Å². The molecule has 17 heavy (non-hydrogen) atoms. The van der Waals surface area contributed by atoms with Crippen molar-refractivity contribution in [2.75, 3.05) is 0 Å². The van der Waals surface area contributed by atoms with Gasteiger partial charge in [-0.05, 0) is 17.2 Å². The Balaban J connectivity index is 2.23. The molecule has 0 amide bonds. The fourth-order valence-corrected chi connectivity index (χ4v) is 2.38. The van der Waals surface area contributed by atoms with E-state index in [-0.39, 0.29) is 0 Å². The number of aromatic nitrogens is 1. The van der Waals surface area contributed by atoms with Crippen molar-refractivity contribution >= 4 is 23.1 Å². The number of fused-ring (bicyclic) bond motifs is 2. The van der Waals surface area contributed by atoms with E-state index in [4.69, 9.17) is 4.52 Å². The van der Waals surface area contributed by atoms with Crippen LogP contribution in [0.2, 0.25) is 0 Å². The van der Waals surface area contributed by atoms with Gasteiger partial charge in [0.2, 0.25) is 0 Å². The van der Waals surface area contributed by atoms with Crippen molar-refractivity contribution in [3.8, 4) is 11.3 Å². The van der Waals surface area contributed by atoms with Crippen LogP contribution in [0.25, 0.3) is 34.4 Å². The van der Waals surface area contributed by atoms with Crippen molar-refractivity contribution in [3.63, 3.8) is 0 Å². The number of nitrogens with zero attached hydrogens (tertiary/aromatic N) is 1. The van der Waals surface area contributed by atoms with Gasteiger partial charge in [-0.15, -0.1) is 0 Å². The van der Waals surface area contributed by atoms with Gasteiger partial charge < -0.3 is 4.52 Å². The highest BCUT2D eigenvalue weighted by Crippen LogP contribution is 2.36. The fraction of sp³-hybridized carbons (Fsp3) is 0. The topological polar surface area (TPSA) is 26.0 Å². The van der Waals surface area contributed by atoms with Gasteiger partial charge in [-0.25, -0.2) is 0 Å². The largest absolute Gasteiger partial charge is 0.356 e. The van der Waals surface area contributed by atoms with Crippen LogP contribution in [0.15, 0.2) is 47.0 Å². The summed E-state index contributed by atoms with van der Waals surface area (Å²) in [5.41, 5.74) is 5.26. The van der Waals surface area contributed by atoms with Crippen molar-refractivity contribution in [2.45, 2.75) is 0 Å². The quantitative estimate of drug-likeness (QED) is 0.447. The highest BCUT2D eigenvalue weighted by Gasteiger charge is 2.17. The van der Waals surface area contributed by atoms with Gasteiger partial charge in [0.05, 0.1) is 5.39 Å². The van der Waals surface area contributed by atoms with E-state index in [1.807, 2.05) is 24.3 Å². The highest BCUT2D eigenvalue weighted by atomic mass is 16.5. The molecule has 1 aliphatic carbocycles. The minimum atomic E-state index is 0.846. The Morgan fingerprint density at radius 1 is 0.824 bits per heavy atom. The molecule has 0 saturated carbocycles. The third-order valence-electron chi connectivity index (χ3n) is 3.19. The molecule has 2 aromatic carbocycles. The Morgan fingerprint density at radius 3 is 2.65 bits per heavy atom. The monoisotopic (exact) mass is 219 g/mol. The van der Waals surface area contributed by atoms with Crippen LogP contribution in [-0.4, -0.2) is 5.16 Å². The molecule has 0 fully saturated rings. The minimum absolute atomic E-state index is 0.846.